The van der Waals surface area contributed by atoms with E-state index in [1.54, 1.807) is 0 Å². The number of para-hydroxylation sites is 1. The number of hydrogen-bond acceptors (Lipinski definition) is 3. The highest BCUT2D eigenvalue weighted by molar-refractivity contribution is 5.95. The zero-order chi connectivity index (χ0) is 11.7. The molecule has 0 saturated heterocycles. The van der Waals surface area contributed by atoms with Gasteiger partial charge >= 0.3 is 5.97 Å². The van der Waals surface area contributed by atoms with E-state index in [-0.39, 0.29) is 12.4 Å². The number of hydrogen-bond donors (Lipinski definition) is 1. The average molecular weight is 218 g/mol. The first-order valence-electron chi connectivity index (χ1n) is 5.03. The van der Waals surface area contributed by atoms with Gasteiger partial charge in [-0.1, -0.05) is 18.2 Å². The maximum Gasteiger partial charge on any atom is 0.311 e. The fraction of sp³-hybridized carbons (Fsp3) is 0.250. The number of benzene rings is 1. The molecule has 4 heteroatoms. The van der Waals surface area contributed by atoms with Gasteiger partial charge in [-0.25, -0.2) is 0 Å². The monoisotopic (exact) mass is 218 g/mol. The molecule has 84 valence electrons. The summed E-state index contributed by atoms with van der Waals surface area (Å²) < 4.78 is 6.58. The van der Waals surface area contributed by atoms with E-state index in [1.807, 2.05) is 35.9 Å². The molecule has 2 N–H and O–H groups in total. The van der Waals surface area contributed by atoms with Crippen molar-refractivity contribution in [2.45, 2.75) is 6.42 Å². The molecule has 0 unspecified atom stereocenters. The number of carbonyl (C=O) groups excluding carboxylic acids is 1. The normalized spacial score (nSPS) is 10.6. The highest BCUT2D eigenvalue weighted by atomic mass is 16.5. The summed E-state index contributed by atoms with van der Waals surface area (Å²) in [7, 11) is 3.28. The van der Waals surface area contributed by atoms with Crippen LogP contribution >= 0.6 is 0 Å². The molecule has 2 rings (SSSR count). The van der Waals surface area contributed by atoms with Gasteiger partial charge in [-0.15, -0.1) is 0 Å². The molecule has 0 fully saturated rings. The molecule has 0 aliphatic rings. The van der Waals surface area contributed by atoms with E-state index in [1.165, 1.54) is 7.11 Å². The molecule has 1 aromatic heterocycles. The number of nitrogen functional groups attached to an aromatic ring is 1. The number of methoxy groups -OCH3 is 1. The summed E-state index contributed by atoms with van der Waals surface area (Å²) >= 11 is 0. The van der Waals surface area contributed by atoms with Crippen LogP contribution in [0.4, 0.5) is 5.69 Å². The highest BCUT2D eigenvalue weighted by Crippen LogP contribution is 2.27. The van der Waals surface area contributed by atoms with E-state index in [9.17, 15) is 4.79 Å². The van der Waals surface area contributed by atoms with Gasteiger partial charge in [0.25, 0.3) is 0 Å². The van der Waals surface area contributed by atoms with E-state index in [0.29, 0.717) is 5.69 Å². The minimum atomic E-state index is -0.280. The van der Waals surface area contributed by atoms with Gasteiger partial charge < -0.3 is 15.0 Å². The number of ether oxygens (including phenoxy) is 1. The summed E-state index contributed by atoms with van der Waals surface area (Å²) in [5, 5.41) is 0.976. The van der Waals surface area contributed by atoms with Crippen molar-refractivity contribution < 1.29 is 9.53 Å². The lowest BCUT2D eigenvalue weighted by Gasteiger charge is -2.03. The maximum absolute atomic E-state index is 11.3. The Kier molecular flexibility index (Phi) is 2.56. The number of fused-ring (bicyclic) bond motifs is 1. The number of rotatable bonds is 2. The van der Waals surface area contributed by atoms with Gasteiger partial charge in [-0.3, -0.25) is 4.79 Å². The molecule has 2 aromatic rings. The predicted molar refractivity (Wildman–Crippen MR) is 63.1 cm³/mol. The van der Waals surface area contributed by atoms with E-state index in [0.717, 1.165) is 16.6 Å². The minimum absolute atomic E-state index is 0.202. The van der Waals surface area contributed by atoms with Crippen molar-refractivity contribution in [3.8, 4) is 0 Å². The summed E-state index contributed by atoms with van der Waals surface area (Å²) in [6.07, 6.45) is 0.202. The largest absolute Gasteiger partial charge is 0.469 e. The van der Waals surface area contributed by atoms with Gasteiger partial charge in [0, 0.05) is 12.4 Å². The van der Waals surface area contributed by atoms with Crippen LogP contribution in [-0.2, 0) is 23.0 Å². The number of nitrogens with two attached hydrogens (primary N) is 1. The van der Waals surface area contributed by atoms with E-state index >= 15 is 0 Å². The Morgan fingerprint density at radius 2 is 2.12 bits per heavy atom. The van der Waals surface area contributed by atoms with Crippen LogP contribution in [0.5, 0.6) is 0 Å². The zero-order valence-corrected chi connectivity index (χ0v) is 9.36. The third-order valence-corrected chi connectivity index (χ3v) is 2.81. The van der Waals surface area contributed by atoms with Gasteiger partial charge in [-0.05, 0) is 6.07 Å². The first-order valence-corrected chi connectivity index (χ1v) is 5.03. The van der Waals surface area contributed by atoms with Gasteiger partial charge in [-0.2, -0.15) is 0 Å². The number of esters is 1. The first kappa shape index (κ1) is 10.5. The molecule has 1 aromatic carbocycles. The Hall–Kier alpha value is -1.97. The average Bonchev–Trinajstić information content (AvgIpc) is 2.55. The summed E-state index contributed by atoms with van der Waals surface area (Å²) in [4.78, 5) is 11.3. The SMILES string of the molecule is COC(=O)Cc1c(N)c2ccccc2n1C. The second kappa shape index (κ2) is 3.89. The molecular formula is C12H14N2O2. The molecule has 4 nitrogen and oxygen atoms in total. The van der Waals surface area contributed by atoms with Crippen molar-refractivity contribution in [2.24, 2.45) is 7.05 Å². The Morgan fingerprint density at radius 3 is 2.75 bits per heavy atom. The molecule has 0 aliphatic heterocycles. The van der Waals surface area contributed by atoms with Crippen molar-refractivity contribution in [3.63, 3.8) is 0 Å². The molecule has 0 spiro atoms. The lowest BCUT2D eigenvalue weighted by atomic mass is 10.2. The second-order valence-electron chi connectivity index (χ2n) is 3.69. The molecule has 0 amide bonds. The van der Waals surface area contributed by atoms with Crippen LogP contribution in [0.3, 0.4) is 0 Å². The zero-order valence-electron chi connectivity index (χ0n) is 9.36. The van der Waals surface area contributed by atoms with Gasteiger partial charge in [0.05, 0.1) is 30.4 Å². The van der Waals surface area contributed by atoms with Crippen molar-refractivity contribution in [3.05, 3.63) is 30.0 Å². The Morgan fingerprint density at radius 1 is 1.44 bits per heavy atom. The van der Waals surface area contributed by atoms with Gasteiger partial charge in [0.15, 0.2) is 0 Å². The molecule has 0 atom stereocenters. The van der Waals surface area contributed by atoms with Crippen LogP contribution in [0.25, 0.3) is 10.9 Å². The number of carbonyl (C=O) groups is 1. The molecule has 0 radical (unpaired) electrons. The molecular weight excluding hydrogens is 204 g/mol. The van der Waals surface area contributed by atoms with E-state index < -0.39 is 0 Å². The summed E-state index contributed by atoms with van der Waals surface area (Å²) in [5.41, 5.74) is 8.50. The van der Waals surface area contributed by atoms with E-state index in [2.05, 4.69) is 4.74 Å². The Balaban J connectivity index is 2.57. The maximum atomic E-state index is 11.3. The topological polar surface area (TPSA) is 57.2 Å². The van der Waals surface area contributed by atoms with Crippen LogP contribution in [0.2, 0.25) is 0 Å². The van der Waals surface area contributed by atoms with Crippen LogP contribution < -0.4 is 5.73 Å². The van der Waals surface area contributed by atoms with Crippen LogP contribution in [0, 0.1) is 0 Å². The molecule has 0 bridgehead atoms. The van der Waals surface area contributed by atoms with Crippen LogP contribution in [-0.4, -0.2) is 17.6 Å². The fourth-order valence-corrected chi connectivity index (χ4v) is 1.90. The number of aromatic nitrogens is 1. The number of anilines is 1. The smallest absolute Gasteiger partial charge is 0.311 e. The standard InChI is InChI=1S/C12H14N2O2/c1-14-9-6-4-3-5-8(9)12(13)10(14)7-11(15)16-2/h3-6H,7,13H2,1-2H3. The van der Waals surface area contributed by atoms with Crippen molar-refractivity contribution in [1.82, 2.24) is 4.57 Å². The first-order chi connectivity index (χ1) is 7.65. The summed E-state index contributed by atoms with van der Waals surface area (Å²) in [6, 6.07) is 7.81. The second-order valence-corrected chi connectivity index (χ2v) is 3.69. The molecule has 1 heterocycles. The van der Waals surface area contributed by atoms with Crippen molar-refractivity contribution >= 4 is 22.6 Å². The lowest BCUT2D eigenvalue weighted by Crippen LogP contribution is -2.09. The third kappa shape index (κ3) is 1.52. The summed E-state index contributed by atoms with van der Waals surface area (Å²) in [6.45, 7) is 0. The third-order valence-electron chi connectivity index (χ3n) is 2.81. The quantitative estimate of drug-likeness (QED) is 0.777. The van der Waals surface area contributed by atoms with Crippen LogP contribution in [0.1, 0.15) is 5.69 Å². The predicted octanol–water partition coefficient (Wildman–Crippen LogP) is 1.48. The molecule has 0 aliphatic carbocycles. The minimum Gasteiger partial charge on any atom is -0.469 e. The fourth-order valence-electron chi connectivity index (χ4n) is 1.90. The van der Waals surface area contributed by atoms with E-state index in [4.69, 9.17) is 5.73 Å². The van der Waals surface area contributed by atoms with Gasteiger partial charge in [0.2, 0.25) is 0 Å². The van der Waals surface area contributed by atoms with Crippen LogP contribution in [0.15, 0.2) is 24.3 Å². The lowest BCUT2D eigenvalue weighted by molar-refractivity contribution is -0.139. The van der Waals surface area contributed by atoms with Crippen molar-refractivity contribution in [1.29, 1.82) is 0 Å². The van der Waals surface area contributed by atoms with Crippen molar-refractivity contribution in [2.75, 3.05) is 12.8 Å². The van der Waals surface area contributed by atoms with Gasteiger partial charge in [0.1, 0.15) is 0 Å². The number of nitrogens with zero attached hydrogens (tertiary/aromatic N) is 1. The Labute approximate surface area is 93.6 Å². The molecule has 16 heavy (non-hydrogen) atoms. The molecule has 0 saturated carbocycles. The summed E-state index contributed by atoms with van der Waals surface area (Å²) in [5.74, 6) is -0.280. The number of aryl methyl sites for hydroxylation is 1. The highest BCUT2D eigenvalue weighted by Gasteiger charge is 2.15. The Bertz CT molecular complexity index is 504.